The molecule has 12 heavy (non-hydrogen) atoms. The van der Waals surface area contributed by atoms with Crippen molar-refractivity contribution in [2.45, 2.75) is 12.6 Å². The van der Waals surface area contributed by atoms with Crippen LogP contribution in [0.15, 0.2) is 35.3 Å². The predicted octanol–water partition coefficient (Wildman–Crippen LogP) is 1.85. The molecule has 0 bridgehead atoms. The van der Waals surface area contributed by atoms with Gasteiger partial charge in [0.05, 0.1) is 6.61 Å². The minimum absolute atomic E-state index is 0.116. The number of ether oxygens (including phenoxy) is 1. The molecule has 2 nitrogen and oxygen atoms in total. The van der Waals surface area contributed by atoms with E-state index in [0.717, 1.165) is 18.6 Å². The van der Waals surface area contributed by atoms with Crippen LogP contribution in [0.4, 0.5) is 0 Å². The van der Waals surface area contributed by atoms with Crippen LogP contribution in [0.2, 0.25) is 0 Å². The highest BCUT2D eigenvalue weighted by Gasteiger charge is 2.14. The van der Waals surface area contributed by atoms with Gasteiger partial charge in [-0.05, 0) is 5.56 Å². The zero-order chi connectivity index (χ0) is 8.23. The van der Waals surface area contributed by atoms with Gasteiger partial charge in [-0.2, -0.15) is 0 Å². The highest BCUT2D eigenvalue weighted by Crippen LogP contribution is 2.11. The highest BCUT2D eigenvalue weighted by atomic mass is 16.5. The Morgan fingerprint density at radius 1 is 1.33 bits per heavy atom. The molecule has 0 N–H and O–H groups in total. The summed E-state index contributed by atoms with van der Waals surface area (Å²) in [5.41, 5.74) is 1.13. The van der Waals surface area contributed by atoms with Crippen molar-refractivity contribution in [2.75, 3.05) is 6.61 Å². The maximum absolute atomic E-state index is 5.15. The van der Waals surface area contributed by atoms with Crippen molar-refractivity contribution in [3.05, 3.63) is 35.9 Å². The van der Waals surface area contributed by atoms with E-state index in [2.05, 4.69) is 4.99 Å². The van der Waals surface area contributed by atoms with E-state index in [1.165, 1.54) is 0 Å². The quantitative estimate of drug-likeness (QED) is 0.606. The third kappa shape index (κ3) is 1.71. The Morgan fingerprint density at radius 2 is 2.08 bits per heavy atom. The van der Waals surface area contributed by atoms with E-state index < -0.39 is 0 Å². The summed E-state index contributed by atoms with van der Waals surface area (Å²) in [5.74, 6) is 0. The van der Waals surface area contributed by atoms with Gasteiger partial charge in [0.25, 0.3) is 0 Å². The van der Waals surface area contributed by atoms with Gasteiger partial charge in [-0.15, -0.1) is 0 Å². The lowest BCUT2D eigenvalue weighted by molar-refractivity contribution is -0.0434. The molecular weight excluding hydrogens is 150 g/mol. The zero-order valence-corrected chi connectivity index (χ0v) is 6.81. The number of hydrogen-bond donors (Lipinski definition) is 0. The summed E-state index contributed by atoms with van der Waals surface area (Å²) < 4.78 is 5.15. The molecule has 1 heterocycles. The fourth-order valence-electron chi connectivity index (χ4n) is 1.05. The van der Waals surface area contributed by atoms with Crippen LogP contribution in [-0.2, 0) is 4.74 Å². The van der Waals surface area contributed by atoms with Gasteiger partial charge >= 0.3 is 0 Å². The second kappa shape index (κ2) is 3.50. The molecule has 0 spiro atoms. The number of hydrogen-bond acceptors (Lipinski definition) is 2. The fraction of sp³-hybridized carbons (Fsp3) is 0.300. The van der Waals surface area contributed by atoms with Gasteiger partial charge in [0.1, 0.15) is 6.23 Å². The van der Waals surface area contributed by atoms with Gasteiger partial charge in [0.15, 0.2) is 0 Å². The smallest absolute Gasteiger partial charge is 0.150 e. The summed E-state index contributed by atoms with van der Waals surface area (Å²) in [6, 6.07) is 10.1. The van der Waals surface area contributed by atoms with Crippen LogP contribution < -0.4 is 0 Å². The summed E-state index contributed by atoms with van der Waals surface area (Å²) in [4.78, 5) is 4.25. The summed E-state index contributed by atoms with van der Waals surface area (Å²) in [6.07, 6.45) is 3.04. The molecule has 1 fully saturated rings. The van der Waals surface area contributed by atoms with Gasteiger partial charge < -0.3 is 4.74 Å². The number of nitrogens with zero attached hydrogens (tertiary/aromatic N) is 1. The monoisotopic (exact) mass is 161 g/mol. The summed E-state index contributed by atoms with van der Waals surface area (Å²) in [5, 5.41) is 0. The molecule has 0 saturated carbocycles. The van der Waals surface area contributed by atoms with Crippen molar-refractivity contribution >= 4 is 6.21 Å². The molecule has 2 rings (SSSR count). The molecule has 0 amide bonds. The molecule has 1 unspecified atom stereocenters. The van der Waals surface area contributed by atoms with Crippen LogP contribution in [-0.4, -0.2) is 19.0 Å². The topological polar surface area (TPSA) is 21.6 Å². The number of aliphatic imine (C=N–C) groups is 1. The van der Waals surface area contributed by atoms with Gasteiger partial charge in [-0.1, -0.05) is 30.3 Å². The Bertz CT molecular complexity index is 264. The van der Waals surface area contributed by atoms with E-state index in [9.17, 15) is 0 Å². The van der Waals surface area contributed by atoms with Crippen molar-refractivity contribution in [1.29, 1.82) is 0 Å². The van der Waals surface area contributed by atoms with Gasteiger partial charge in [0.2, 0.25) is 0 Å². The molecular formula is C10H11NO. The van der Waals surface area contributed by atoms with Crippen LogP contribution >= 0.6 is 0 Å². The predicted molar refractivity (Wildman–Crippen MR) is 48.4 cm³/mol. The highest BCUT2D eigenvalue weighted by molar-refractivity contribution is 5.79. The Kier molecular flexibility index (Phi) is 2.19. The zero-order valence-electron chi connectivity index (χ0n) is 6.81. The Morgan fingerprint density at radius 3 is 2.67 bits per heavy atom. The van der Waals surface area contributed by atoms with Gasteiger partial charge in [-0.25, -0.2) is 0 Å². The first kappa shape index (κ1) is 7.50. The van der Waals surface area contributed by atoms with Crippen molar-refractivity contribution in [3.63, 3.8) is 0 Å². The van der Waals surface area contributed by atoms with Crippen molar-refractivity contribution < 1.29 is 4.74 Å². The Hall–Kier alpha value is -1.15. The normalized spacial score (nSPS) is 22.5. The lowest BCUT2D eigenvalue weighted by atomic mass is 10.2. The molecule has 0 radical (unpaired) electrons. The largest absolute Gasteiger partial charge is 0.356 e. The Balaban J connectivity index is 1.98. The van der Waals surface area contributed by atoms with Crippen molar-refractivity contribution in [2.24, 2.45) is 4.99 Å². The van der Waals surface area contributed by atoms with Crippen molar-refractivity contribution in [3.8, 4) is 0 Å². The molecule has 2 heteroatoms. The van der Waals surface area contributed by atoms with Gasteiger partial charge in [-0.3, -0.25) is 4.99 Å². The first-order valence-electron chi connectivity index (χ1n) is 4.15. The summed E-state index contributed by atoms with van der Waals surface area (Å²) >= 11 is 0. The van der Waals surface area contributed by atoms with Crippen LogP contribution in [0, 0.1) is 0 Å². The van der Waals surface area contributed by atoms with Crippen LogP contribution in [0.25, 0.3) is 0 Å². The second-order valence-corrected chi connectivity index (χ2v) is 2.80. The van der Waals surface area contributed by atoms with Gasteiger partial charge in [0, 0.05) is 12.6 Å². The first-order chi connectivity index (χ1) is 5.95. The van der Waals surface area contributed by atoms with E-state index in [-0.39, 0.29) is 6.23 Å². The fourth-order valence-corrected chi connectivity index (χ4v) is 1.05. The maximum Gasteiger partial charge on any atom is 0.150 e. The Labute approximate surface area is 71.9 Å². The second-order valence-electron chi connectivity index (χ2n) is 2.80. The molecule has 1 saturated heterocycles. The van der Waals surface area contributed by atoms with Crippen LogP contribution in [0.5, 0.6) is 0 Å². The van der Waals surface area contributed by atoms with E-state index in [1.54, 1.807) is 0 Å². The standard InChI is InChI=1S/C10H11NO/c1-2-4-9(5-3-1)8-11-10-6-7-12-10/h1-5,8,10H,6-7H2. The minimum atomic E-state index is 0.116. The molecule has 1 atom stereocenters. The van der Waals surface area contributed by atoms with E-state index in [0.29, 0.717) is 0 Å². The maximum atomic E-state index is 5.15. The summed E-state index contributed by atoms with van der Waals surface area (Å²) in [6.45, 7) is 0.858. The first-order valence-corrected chi connectivity index (χ1v) is 4.15. The average Bonchev–Trinajstić information content (AvgIpc) is 2.04. The molecule has 1 aromatic rings. The number of benzene rings is 1. The third-order valence-corrected chi connectivity index (χ3v) is 1.86. The molecule has 0 aromatic heterocycles. The molecule has 1 aliphatic heterocycles. The molecule has 1 aromatic carbocycles. The van der Waals surface area contributed by atoms with E-state index >= 15 is 0 Å². The molecule has 62 valence electrons. The van der Waals surface area contributed by atoms with E-state index in [4.69, 9.17) is 4.74 Å². The average molecular weight is 161 g/mol. The molecule has 0 aliphatic carbocycles. The van der Waals surface area contributed by atoms with Crippen molar-refractivity contribution in [1.82, 2.24) is 0 Å². The molecule has 1 aliphatic rings. The SMILES string of the molecule is C(=NC1CCO1)c1ccccc1. The van der Waals surface area contributed by atoms with E-state index in [1.807, 2.05) is 36.5 Å². The lowest BCUT2D eigenvalue weighted by Crippen LogP contribution is -2.24. The lowest BCUT2D eigenvalue weighted by Gasteiger charge is -2.21. The summed E-state index contributed by atoms with van der Waals surface area (Å²) in [7, 11) is 0. The minimum Gasteiger partial charge on any atom is -0.356 e. The van der Waals surface area contributed by atoms with Crippen LogP contribution in [0.1, 0.15) is 12.0 Å². The third-order valence-electron chi connectivity index (χ3n) is 1.86. The number of rotatable bonds is 2. The van der Waals surface area contributed by atoms with Crippen LogP contribution in [0.3, 0.4) is 0 Å².